The Morgan fingerprint density at radius 1 is 1.11 bits per heavy atom. The summed E-state index contributed by atoms with van der Waals surface area (Å²) < 4.78 is 43.5. The molecule has 0 unspecified atom stereocenters. The van der Waals surface area contributed by atoms with Gasteiger partial charge in [0.05, 0.1) is 11.4 Å². The van der Waals surface area contributed by atoms with Crippen molar-refractivity contribution in [3.8, 4) is 0 Å². The first-order valence-corrected chi connectivity index (χ1v) is 10.7. The molecular weight excluding hydrogens is 369 g/mol. The highest BCUT2D eigenvalue weighted by Crippen LogP contribution is 2.31. The summed E-state index contributed by atoms with van der Waals surface area (Å²) in [5, 5.41) is 11.9. The average Bonchev–Trinajstić information content (AvgIpc) is 3.10. The molecule has 1 fully saturated rings. The van der Waals surface area contributed by atoms with E-state index in [1.165, 1.54) is 16.4 Å². The number of rotatable bonds is 3. The number of hydrogen-bond donors (Lipinski definition) is 1. The zero-order valence-corrected chi connectivity index (χ0v) is 16.4. The van der Waals surface area contributed by atoms with Gasteiger partial charge in [0.25, 0.3) is 0 Å². The van der Waals surface area contributed by atoms with Gasteiger partial charge in [-0.15, -0.1) is 10.2 Å². The van der Waals surface area contributed by atoms with Crippen LogP contribution in [0, 0.1) is 19.7 Å². The van der Waals surface area contributed by atoms with E-state index in [0.29, 0.717) is 37.1 Å². The highest BCUT2D eigenvalue weighted by Gasteiger charge is 2.33. The van der Waals surface area contributed by atoms with Crippen LogP contribution in [0.1, 0.15) is 41.5 Å². The Hall–Kier alpha value is -1.84. The van der Waals surface area contributed by atoms with Crippen molar-refractivity contribution in [3.63, 3.8) is 0 Å². The van der Waals surface area contributed by atoms with Crippen LogP contribution >= 0.6 is 0 Å². The summed E-state index contributed by atoms with van der Waals surface area (Å²) in [4.78, 5) is 0.170. The number of halogens is 1. The van der Waals surface area contributed by atoms with Gasteiger partial charge in [-0.05, 0) is 49.9 Å². The van der Waals surface area contributed by atoms with E-state index in [1.54, 1.807) is 13.8 Å². The number of benzene rings is 1. The van der Waals surface area contributed by atoms with Crippen molar-refractivity contribution in [1.29, 1.82) is 0 Å². The monoisotopic (exact) mass is 393 g/mol. The predicted molar refractivity (Wildman–Crippen MR) is 98.3 cm³/mol. The standard InChI is InChI=1S/C18H24FN5O2S/c1-12-9-15(10-13(2)17(12)19)27(25,26)23-6-3-14(4-7-23)18-22-21-16-11-20-5-8-24(16)18/h9-10,14,20H,3-8,11H2,1-2H3. The van der Waals surface area contributed by atoms with E-state index in [-0.39, 0.29) is 16.6 Å². The van der Waals surface area contributed by atoms with Crippen molar-refractivity contribution in [2.24, 2.45) is 0 Å². The second-order valence-corrected chi connectivity index (χ2v) is 9.29. The third kappa shape index (κ3) is 3.28. The minimum Gasteiger partial charge on any atom is -0.312 e. The first kappa shape index (κ1) is 18.5. The van der Waals surface area contributed by atoms with Gasteiger partial charge >= 0.3 is 0 Å². The highest BCUT2D eigenvalue weighted by molar-refractivity contribution is 7.89. The first-order chi connectivity index (χ1) is 12.9. The molecule has 1 aromatic heterocycles. The van der Waals surface area contributed by atoms with E-state index in [0.717, 1.165) is 31.3 Å². The minimum absolute atomic E-state index is 0.170. The molecule has 9 heteroatoms. The summed E-state index contributed by atoms with van der Waals surface area (Å²) in [5.41, 5.74) is 0.708. The molecule has 0 amide bonds. The van der Waals surface area contributed by atoms with Gasteiger partial charge in [-0.3, -0.25) is 0 Å². The molecule has 0 spiro atoms. The van der Waals surface area contributed by atoms with Crippen molar-refractivity contribution >= 4 is 10.0 Å². The van der Waals surface area contributed by atoms with E-state index in [1.807, 2.05) is 0 Å². The molecule has 146 valence electrons. The average molecular weight is 393 g/mol. The zero-order valence-electron chi connectivity index (χ0n) is 15.6. The lowest BCUT2D eigenvalue weighted by molar-refractivity contribution is 0.307. The van der Waals surface area contributed by atoms with Gasteiger partial charge in [-0.1, -0.05) is 0 Å². The lowest BCUT2D eigenvalue weighted by atomic mass is 9.97. The molecular formula is C18H24FN5O2S. The minimum atomic E-state index is -3.62. The van der Waals surface area contributed by atoms with Crippen LogP contribution in [0.4, 0.5) is 4.39 Å². The summed E-state index contributed by atoms with van der Waals surface area (Å²) in [6, 6.07) is 2.84. The Balaban J connectivity index is 1.51. The fraction of sp³-hybridized carbons (Fsp3) is 0.556. The summed E-state index contributed by atoms with van der Waals surface area (Å²) in [6.07, 6.45) is 1.42. The Morgan fingerprint density at radius 3 is 2.44 bits per heavy atom. The molecule has 1 N–H and O–H groups in total. The van der Waals surface area contributed by atoms with Crippen LogP contribution in [-0.2, 0) is 23.1 Å². The maximum atomic E-state index is 13.9. The van der Waals surface area contributed by atoms with Crippen LogP contribution in [0.15, 0.2) is 17.0 Å². The van der Waals surface area contributed by atoms with Crippen molar-refractivity contribution in [1.82, 2.24) is 24.4 Å². The van der Waals surface area contributed by atoms with E-state index in [2.05, 4.69) is 20.1 Å². The van der Waals surface area contributed by atoms with Crippen LogP contribution in [-0.4, -0.2) is 47.1 Å². The van der Waals surface area contributed by atoms with Gasteiger partial charge in [0.15, 0.2) is 0 Å². The lowest BCUT2D eigenvalue weighted by Crippen LogP contribution is -2.39. The van der Waals surface area contributed by atoms with Crippen LogP contribution in [0.3, 0.4) is 0 Å². The molecule has 1 aromatic carbocycles. The fourth-order valence-corrected chi connectivity index (χ4v) is 5.62. The molecule has 0 bridgehead atoms. The van der Waals surface area contributed by atoms with Gasteiger partial charge < -0.3 is 9.88 Å². The van der Waals surface area contributed by atoms with Gasteiger partial charge in [0, 0.05) is 32.1 Å². The third-order valence-corrected chi connectivity index (χ3v) is 7.39. The molecule has 27 heavy (non-hydrogen) atoms. The largest absolute Gasteiger partial charge is 0.312 e. The molecule has 2 aliphatic heterocycles. The molecule has 4 rings (SSSR count). The van der Waals surface area contributed by atoms with Crippen molar-refractivity contribution < 1.29 is 12.8 Å². The highest BCUT2D eigenvalue weighted by atomic mass is 32.2. The number of sulfonamides is 1. The van der Waals surface area contributed by atoms with E-state index >= 15 is 0 Å². The van der Waals surface area contributed by atoms with Gasteiger partial charge in [-0.25, -0.2) is 12.8 Å². The topological polar surface area (TPSA) is 80.1 Å². The third-order valence-electron chi connectivity index (χ3n) is 5.52. The van der Waals surface area contributed by atoms with Crippen LogP contribution in [0.2, 0.25) is 0 Å². The number of nitrogens with one attached hydrogen (secondary N) is 1. The number of piperidine rings is 1. The van der Waals surface area contributed by atoms with E-state index < -0.39 is 10.0 Å². The molecule has 0 atom stereocenters. The van der Waals surface area contributed by atoms with Crippen molar-refractivity contribution in [2.75, 3.05) is 19.6 Å². The Labute approximate surface area is 158 Å². The summed E-state index contributed by atoms with van der Waals surface area (Å²) >= 11 is 0. The van der Waals surface area contributed by atoms with Crippen LogP contribution in [0.25, 0.3) is 0 Å². The fourth-order valence-electron chi connectivity index (χ4n) is 3.98. The molecule has 2 aromatic rings. The van der Waals surface area contributed by atoms with Crippen LogP contribution in [0.5, 0.6) is 0 Å². The number of aromatic nitrogens is 3. The van der Waals surface area contributed by atoms with Gasteiger partial charge in [0.1, 0.15) is 17.5 Å². The summed E-state index contributed by atoms with van der Waals surface area (Å²) in [7, 11) is -3.62. The van der Waals surface area contributed by atoms with Gasteiger partial charge in [-0.2, -0.15) is 4.31 Å². The number of aryl methyl sites for hydroxylation is 2. The molecule has 2 aliphatic rings. The van der Waals surface area contributed by atoms with Crippen LogP contribution < -0.4 is 5.32 Å². The van der Waals surface area contributed by atoms with Crippen molar-refractivity contribution in [3.05, 3.63) is 40.7 Å². The molecule has 7 nitrogen and oxygen atoms in total. The van der Waals surface area contributed by atoms with E-state index in [9.17, 15) is 12.8 Å². The Kier molecular flexibility index (Phi) is 4.77. The quantitative estimate of drug-likeness (QED) is 0.859. The molecule has 3 heterocycles. The van der Waals surface area contributed by atoms with E-state index in [4.69, 9.17) is 0 Å². The van der Waals surface area contributed by atoms with Crippen molar-refractivity contribution in [2.45, 2.75) is 50.6 Å². The van der Waals surface area contributed by atoms with Gasteiger partial charge in [0.2, 0.25) is 10.0 Å². The smallest absolute Gasteiger partial charge is 0.243 e. The molecule has 1 saturated heterocycles. The molecule has 0 radical (unpaired) electrons. The SMILES string of the molecule is Cc1cc(S(=O)(=O)N2CCC(c3nnc4n3CCNC4)CC2)cc(C)c1F. The Bertz CT molecular complexity index is 941. The molecule has 0 aliphatic carbocycles. The number of nitrogens with zero attached hydrogens (tertiary/aromatic N) is 4. The number of fused-ring (bicyclic) bond motifs is 1. The number of hydrogen-bond acceptors (Lipinski definition) is 5. The second-order valence-electron chi connectivity index (χ2n) is 7.35. The summed E-state index contributed by atoms with van der Waals surface area (Å²) in [6.45, 7) is 6.53. The first-order valence-electron chi connectivity index (χ1n) is 9.27. The second kappa shape index (κ2) is 6.96. The predicted octanol–water partition coefficient (Wildman–Crippen LogP) is 1.71. The maximum absolute atomic E-state index is 13.9. The lowest BCUT2D eigenvalue weighted by Gasteiger charge is -2.31. The molecule has 0 saturated carbocycles. The maximum Gasteiger partial charge on any atom is 0.243 e. The normalized spacial score (nSPS) is 19.2. The zero-order chi connectivity index (χ0) is 19.2. The summed E-state index contributed by atoms with van der Waals surface area (Å²) in [5.74, 6) is 1.78. The Morgan fingerprint density at radius 2 is 1.78 bits per heavy atom.